The Morgan fingerprint density at radius 1 is 1.00 bits per heavy atom. The molecule has 0 aromatic carbocycles. The number of aromatic nitrogens is 2. The molecule has 1 aliphatic rings. The number of piperidine rings is 1. The summed E-state index contributed by atoms with van der Waals surface area (Å²) in [5.41, 5.74) is 0. The first-order valence-electron chi connectivity index (χ1n) is 6.65. The quantitative estimate of drug-likeness (QED) is 0.855. The largest absolute Gasteiger partial charge is 0.299 e. The predicted molar refractivity (Wildman–Crippen MR) is 80.8 cm³/mol. The van der Waals surface area contributed by atoms with Crippen molar-refractivity contribution in [2.75, 3.05) is 7.05 Å². The topological polar surface area (TPSA) is 46.1 Å². The van der Waals surface area contributed by atoms with E-state index in [2.05, 4.69) is 21.9 Å². The van der Waals surface area contributed by atoms with Crippen molar-refractivity contribution in [3.8, 4) is 0 Å². The number of hydrogen-bond donors (Lipinski definition) is 0. The number of thiazole rings is 2. The molecule has 4 atom stereocenters. The van der Waals surface area contributed by atoms with Gasteiger partial charge in [0.2, 0.25) is 0 Å². The monoisotopic (exact) mass is 307 g/mol. The number of nitrogens with zero attached hydrogens (tertiary/aromatic N) is 3. The summed E-state index contributed by atoms with van der Waals surface area (Å²) < 4.78 is 0. The molecule has 0 bridgehead atoms. The van der Waals surface area contributed by atoms with Gasteiger partial charge in [0.15, 0.2) is 0 Å². The Morgan fingerprint density at radius 3 is 1.80 bits per heavy atom. The summed E-state index contributed by atoms with van der Waals surface area (Å²) in [5, 5.41) is 5.97. The lowest BCUT2D eigenvalue weighted by atomic mass is 9.79. The van der Waals surface area contributed by atoms with Crippen molar-refractivity contribution in [3.05, 3.63) is 33.2 Å². The zero-order valence-electron chi connectivity index (χ0n) is 11.7. The molecule has 2 aromatic heterocycles. The van der Waals surface area contributed by atoms with Gasteiger partial charge >= 0.3 is 0 Å². The van der Waals surface area contributed by atoms with E-state index in [9.17, 15) is 4.79 Å². The number of carbonyl (C=O) groups is 1. The van der Waals surface area contributed by atoms with Gasteiger partial charge in [0.05, 0.1) is 12.1 Å². The van der Waals surface area contributed by atoms with Crippen LogP contribution in [-0.4, -0.2) is 27.7 Å². The van der Waals surface area contributed by atoms with Crippen molar-refractivity contribution in [1.82, 2.24) is 14.9 Å². The number of likely N-dealkylation sites (tertiary alicyclic amines) is 1. The smallest absolute Gasteiger partial charge is 0.142 e. The van der Waals surface area contributed by atoms with Gasteiger partial charge in [-0.1, -0.05) is 13.8 Å². The first-order chi connectivity index (χ1) is 9.61. The molecular weight excluding hydrogens is 290 g/mol. The highest BCUT2D eigenvalue weighted by molar-refractivity contribution is 7.10. The Bertz CT molecular complexity index is 531. The number of Topliss-reactive ketones (excluding diaryl/α,β-unsaturated/α-hetero) is 1. The molecule has 6 heteroatoms. The van der Waals surface area contributed by atoms with Crippen LogP contribution in [0.3, 0.4) is 0 Å². The maximum atomic E-state index is 12.6. The highest BCUT2D eigenvalue weighted by atomic mass is 32.1. The Kier molecular flexibility index (Phi) is 3.70. The molecule has 106 valence electrons. The summed E-state index contributed by atoms with van der Waals surface area (Å²) in [7, 11) is 2.08. The van der Waals surface area contributed by atoms with Gasteiger partial charge in [-0.05, 0) is 7.05 Å². The van der Waals surface area contributed by atoms with Gasteiger partial charge in [-0.25, -0.2) is 9.97 Å². The van der Waals surface area contributed by atoms with Gasteiger partial charge in [0.25, 0.3) is 0 Å². The van der Waals surface area contributed by atoms with Crippen LogP contribution in [0.2, 0.25) is 0 Å². The molecule has 0 spiro atoms. The minimum atomic E-state index is -0.0302. The highest BCUT2D eigenvalue weighted by Gasteiger charge is 2.46. The number of carbonyl (C=O) groups excluding carboxylic acids is 1. The van der Waals surface area contributed by atoms with Crippen molar-refractivity contribution < 1.29 is 4.79 Å². The standard InChI is InChI=1S/C14H17N3OS2/c1-8-10(13-15-4-6-19-13)17(3)11(9(2)12(8)18)14-16-5-7-20-14/h4-11H,1-3H3. The van der Waals surface area contributed by atoms with E-state index in [1.807, 2.05) is 37.0 Å². The summed E-state index contributed by atoms with van der Waals surface area (Å²) in [6.07, 6.45) is 3.61. The lowest BCUT2D eigenvalue weighted by Gasteiger charge is -2.44. The van der Waals surface area contributed by atoms with Crippen LogP contribution in [0, 0.1) is 11.8 Å². The van der Waals surface area contributed by atoms with Crippen LogP contribution in [0.1, 0.15) is 35.9 Å². The van der Waals surface area contributed by atoms with Gasteiger partial charge in [-0.3, -0.25) is 9.69 Å². The van der Waals surface area contributed by atoms with E-state index >= 15 is 0 Å². The van der Waals surface area contributed by atoms with Crippen molar-refractivity contribution in [1.29, 1.82) is 0 Å². The fourth-order valence-electron chi connectivity index (χ4n) is 3.14. The lowest BCUT2D eigenvalue weighted by Crippen LogP contribution is -2.47. The average Bonchev–Trinajstić information content (AvgIpc) is 3.09. The van der Waals surface area contributed by atoms with Crippen LogP contribution in [0.15, 0.2) is 23.2 Å². The number of ketones is 1. The van der Waals surface area contributed by atoms with E-state index in [1.165, 1.54) is 0 Å². The molecule has 0 N–H and O–H groups in total. The van der Waals surface area contributed by atoms with Crippen LogP contribution in [-0.2, 0) is 4.79 Å². The summed E-state index contributed by atoms with van der Waals surface area (Å²) in [6, 6.07) is 0.0974. The molecule has 4 nitrogen and oxygen atoms in total. The summed E-state index contributed by atoms with van der Waals surface area (Å²) >= 11 is 3.23. The first kappa shape index (κ1) is 13.9. The van der Waals surface area contributed by atoms with Crippen molar-refractivity contribution in [2.24, 2.45) is 11.8 Å². The van der Waals surface area contributed by atoms with E-state index in [4.69, 9.17) is 0 Å². The first-order valence-corrected chi connectivity index (χ1v) is 8.41. The molecule has 3 rings (SSSR count). The third-order valence-corrected chi connectivity index (χ3v) is 5.82. The van der Waals surface area contributed by atoms with Crippen molar-refractivity contribution in [2.45, 2.75) is 25.9 Å². The Morgan fingerprint density at radius 2 is 1.45 bits per heavy atom. The minimum Gasteiger partial charge on any atom is -0.299 e. The van der Waals surface area contributed by atoms with Gasteiger partial charge < -0.3 is 0 Å². The highest BCUT2D eigenvalue weighted by Crippen LogP contribution is 2.45. The molecule has 0 saturated carbocycles. The summed E-state index contributed by atoms with van der Waals surface area (Å²) in [5.74, 6) is 0.248. The second-order valence-electron chi connectivity index (χ2n) is 5.28. The third-order valence-electron chi connectivity index (χ3n) is 4.13. The summed E-state index contributed by atoms with van der Waals surface area (Å²) in [6.45, 7) is 4.03. The van der Waals surface area contributed by atoms with Gasteiger partial charge in [-0.15, -0.1) is 22.7 Å². The van der Waals surface area contributed by atoms with Crippen molar-refractivity contribution in [3.63, 3.8) is 0 Å². The van der Waals surface area contributed by atoms with Crippen LogP contribution >= 0.6 is 22.7 Å². The molecule has 0 amide bonds. The Labute approximate surface area is 126 Å². The second kappa shape index (κ2) is 5.35. The molecule has 0 radical (unpaired) electrons. The number of rotatable bonds is 2. The van der Waals surface area contributed by atoms with Crippen LogP contribution in [0.4, 0.5) is 0 Å². The summed E-state index contributed by atoms with van der Waals surface area (Å²) in [4.78, 5) is 23.7. The SMILES string of the molecule is CC1C(=O)C(C)C(c2nccs2)N(C)C1c1nccs1. The van der Waals surface area contributed by atoms with Crippen LogP contribution in [0.25, 0.3) is 0 Å². The molecule has 4 unspecified atom stereocenters. The molecule has 1 fully saturated rings. The average molecular weight is 307 g/mol. The van der Waals surface area contributed by atoms with E-state index in [0.717, 1.165) is 10.0 Å². The van der Waals surface area contributed by atoms with Crippen LogP contribution in [0.5, 0.6) is 0 Å². The Balaban J connectivity index is 2.02. The van der Waals surface area contributed by atoms with Gasteiger partial charge in [0.1, 0.15) is 15.8 Å². The van der Waals surface area contributed by atoms with E-state index in [1.54, 1.807) is 22.7 Å². The third kappa shape index (κ3) is 2.12. The molecule has 0 aliphatic carbocycles. The molecular formula is C14H17N3OS2. The number of hydrogen-bond acceptors (Lipinski definition) is 6. The molecule has 20 heavy (non-hydrogen) atoms. The molecule has 1 aliphatic heterocycles. The van der Waals surface area contributed by atoms with Crippen molar-refractivity contribution >= 4 is 28.5 Å². The van der Waals surface area contributed by atoms with Crippen LogP contribution < -0.4 is 0 Å². The molecule has 3 heterocycles. The fourth-order valence-corrected chi connectivity index (χ4v) is 4.93. The maximum Gasteiger partial charge on any atom is 0.142 e. The zero-order valence-corrected chi connectivity index (χ0v) is 13.3. The van der Waals surface area contributed by atoms with Gasteiger partial charge in [0, 0.05) is 35.0 Å². The van der Waals surface area contributed by atoms with E-state index in [-0.39, 0.29) is 23.9 Å². The predicted octanol–water partition coefficient (Wildman–Crippen LogP) is 3.17. The second-order valence-corrected chi connectivity index (χ2v) is 7.13. The zero-order chi connectivity index (χ0) is 14.3. The van der Waals surface area contributed by atoms with Gasteiger partial charge in [-0.2, -0.15) is 0 Å². The lowest BCUT2D eigenvalue weighted by molar-refractivity contribution is -0.136. The minimum absolute atomic E-state index is 0.0302. The van der Waals surface area contributed by atoms with E-state index < -0.39 is 0 Å². The molecule has 1 saturated heterocycles. The fraction of sp³-hybridized carbons (Fsp3) is 0.500. The van der Waals surface area contributed by atoms with E-state index in [0.29, 0.717) is 5.78 Å². The maximum absolute atomic E-state index is 12.6. The normalized spacial score (nSPS) is 31.6. The Hall–Kier alpha value is -1.11. The molecule has 2 aromatic rings.